The van der Waals surface area contributed by atoms with E-state index in [1.807, 2.05) is 6.07 Å². The minimum Gasteiger partial charge on any atom is -0.374 e. The van der Waals surface area contributed by atoms with E-state index >= 15 is 0 Å². The molecule has 3 rings (SSSR count). The average Bonchev–Trinajstić information content (AvgIpc) is 3.07. The molecule has 1 aromatic carbocycles. The minimum atomic E-state index is -4.39. The summed E-state index contributed by atoms with van der Waals surface area (Å²) in [5.74, 6) is 0.00755. The summed E-state index contributed by atoms with van der Waals surface area (Å²) in [6.45, 7) is -1.13. The molecule has 1 aliphatic heterocycles. The standard InChI is InChI=1S/C14H15F3N6O/c1-22-12(19-20-21-22)9-3-2-4-10(7-9)18-11-5-6-23(13(11)24)8-14(15,16)17/h2-4,7,11,18H,5-6,8H2,1H3/t11-/m0/s1. The molecule has 0 bridgehead atoms. The molecule has 128 valence electrons. The molecule has 1 saturated heterocycles. The lowest BCUT2D eigenvalue weighted by molar-refractivity contribution is -0.157. The van der Waals surface area contributed by atoms with Crippen LogP contribution in [0.4, 0.5) is 18.9 Å². The smallest absolute Gasteiger partial charge is 0.374 e. The Bertz CT molecular complexity index is 744. The number of amides is 1. The lowest BCUT2D eigenvalue weighted by Gasteiger charge is -2.19. The number of likely N-dealkylation sites (tertiary alicyclic amines) is 1. The number of carbonyl (C=O) groups excluding carboxylic acids is 1. The van der Waals surface area contributed by atoms with Crippen molar-refractivity contribution in [1.29, 1.82) is 0 Å². The molecule has 24 heavy (non-hydrogen) atoms. The summed E-state index contributed by atoms with van der Waals surface area (Å²) in [7, 11) is 1.70. The Balaban J connectivity index is 1.71. The van der Waals surface area contributed by atoms with Crippen LogP contribution in [-0.2, 0) is 11.8 Å². The lowest BCUT2D eigenvalue weighted by atomic mass is 10.1. The van der Waals surface area contributed by atoms with Crippen LogP contribution in [0, 0.1) is 0 Å². The summed E-state index contributed by atoms with van der Waals surface area (Å²) in [4.78, 5) is 12.9. The van der Waals surface area contributed by atoms with Crippen molar-refractivity contribution in [3.05, 3.63) is 24.3 Å². The van der Waals surface area contributed by atoms with Gasteiger partial charge in [0.05, 0.1) is 0 Å². The minimum absolute atomic E-state index is 0.0862. The van der Waals surface area contributed by atoms with E-state index in [1.54, 1.807) is 25.2 Å². The predicted octanol–water partition coefficient (Wildman–Crippen LogP) is 1.45. The third-order valence-electron chi connectivity index (χ3n) is 3.75. The predicted molar refractivity (Wildman–Crippen MR) is 78.9 cm³/mol. The van der Waals surface area contributed by atoms with E-state index < -0.39 is 24.7 Å². The second-order valence-corrected chi connectivity index (χ2v) is 5.57. The van der Waals surface area contributed by atoms with E-state index in [9.17, 15) is 18.0 Å². The van der Waals surface area contributed by atoms with E-state index in [-0.39, 0.29) is 6.54 Å². The fourth-order valence-electron chi connectivity index (χ4n) is 2.67. The van der Waals surface area contributed by atoms with Gasteiger partial charge in [0.25, 0.3) is 0 Å². The van der Waals surface area contributed by atoms with Crippen LogP contribution in [-0.4, -0.2) is 56.3 Å². The fourth-order valence-corrected chi connectivity index (χ4v) is 2.67. The van der Waals surface area contributed by atoms with Crippen LogP contribution in [0.15, 0.2) is 24.3 Å². The zero-order valence-corrected chi connectivity index (χ0v) is 12.8. The Kier molecular flexibility index (Phi) is 4.12. The zero-order chi connectivity index (χ0) is 17.3. The van der Waals surface area contributed by atoms with Gasteiger partial charge in [-0.2, -0.15) is 13.2 Å². The van der Waals surface area contributed by atoms with E-state index in [0.29, 0.717) is 17.9 Å². The van der Waals surface area contributed by atoms with Gasteiger partial charge in [-0.3, -0.25) is 4.79 Å². The fraction of sp³-hybridized carbons (Fsp3) is 0.429. The average molecular weight is 340 g/mol. The Morgan fingerprint density at radius 2 is 2.17 bits per heavy atom. The number of hydrogen-bond donors (Lipinski definition) is 1. The molecule has 1 amide bonds. The molecule has 0 spiro atoms. The van der Waals surface area contributed by atoms with Crippen LogP contribution < -0.4 is 5.32 Å². The Morgan fingerprint density at radius 3 is 2.83 bits per heavy atom. The first-order valence-corrected chi connectivity index (χ1v) is 7.28. The number of halogens is 3. The lowest BCUT2D eigenvalue weighted by Crippen LogP contribution is -2.39. The molecule has 0 aliphatic carbocycles. The second kappa shape index (κ2) is 6.10. The third-order valence-corrected chi connectivity index (χ3v) is 3.75. The number of aromatic nitrogens is 4. The Labute approximate surface area is 135 Å². The third kappa shape index (κ3) is 3.47. The van der Waals surface area contributed by atoms with Gasteiger partial charge >= 0.3 is 6.18 Å². The van der Waals surface area contributed by atoms with Crippen molar-refractivity contribution in [3.63, 3.8) is 0 Å². The van der Waals surface area contributed by atoms with Crippen molar-refractivity contribution in [3.8, 4) is 11.4 Å². The van der Waals surface area contributed by atoms with Crippen LogP contribution in [0.1, 0.15) is 6.42 Å². The maximum atomic E-state index is 12.4. The molecule has 0 unspecified atom stereocenters. The van der Waals surface area contributed by atoms with Gasteiger partial charge in [0.2, 0.25) is 5.91 Å². The number of hydrogen-bond acceptors (Lipinski definition) is 5. The summed E-state index contributed by atoms with van der Waals surface area (Å²) in [5.41, 5.74) is 1.37. The molecule has 2 aromatic rings. The van der Waals surface area contributed by atoms with Gasteiger partial charge in [-0.1, -0.05) is 12.1 Å². The van der Waals surface area contributed by atoms with Crippen LogP contribution >= 0.6 is 0 Å². The van der Waals surface area contributed by atoms with Gasteiger partial charge < -0.3 is 10.2 Å². The van der Waals surface area contributed by atoms with E-state index in [1.165, 1.54) is 4.68 Å². The van der Waals surface area contributed by atoms with Crippen molar-refractivity contribution >= 4 is 11.6 Å². The Morgan fingerprint density at radius 1 is 1.38 bits per heavy atom. The number of benzene rings is 1. The van der Waals surface area contributed by atoms with E-state index in [4.69, 9.17) is 0 Å². The summed E-state index contributed by atoms with van der Waals surface area (Å²) >= 11 is 0. The summed E-state index contributed by atoms with van der Waals surface area (Å²) in [6.07, 6.45) is -4.06. The summed E-state index contributed by atoms with van der Waals surface area (Å²) in [5, 5.41) is 14.2. The number of carbonyl (C=O) groups is 1. The molecule has 0 saturated carbocycles. The molecule has 1 aromatic heterocycles. The van der Waals surface area contributed by atoms with Crippen LogP contribution in [0.3, 0.4) is 0 Å². The maximum absolute atomic E-state index is 12.4. The number of tetrazole rings is 1. The number of anilines is 1. The van der Waals surface area contributed by atoms with Crippen molar-refractivity contribution < 1.29 is 18.0 Å². The largest absolute Gasteiger partial charge is 0.406 e. The van der Waals surface area contributed by atoms with Crippen LogP contribution in [0.2, 0.25) is 0 Å². The number of aryl methyl sites for hydroxylation is 1. The first-order chi connectivity index (χ1) is 11.3. The van der Waals surface area contributed by atoms with Crippen LogP contribution in [0.5, 0.6) is 0 Å². The monoisotopic (exact) mass is 340 g/mol. The van der Waals surface area contributed by atoms with Gasteiger partial charge in [0.1, 0.15) is 12.6 Å². The van der Waals surface area contributed by atoms with Gasteiger partial charge in [-0.05, 0) is 29.0 Å². The number of rotatable bonds is 4. The molecule has 7 nitrogen and oxygen atoms in total. The van der Waals surface area contributed by atoms with Crippen molar-refractivity contribution in [2.75, 3.05) is 18.4 Å². The molecule has 2 heterocycles. The number of nitrogens with zero attached hydrogens (tertiary/aromatic N) is 5. The summed E-state index contributed by atoms with van der Waals surface area (Å²) in [6, 6.07) is 6.40. The first kappa shape index (κ1) is 16.2. The quantitative estimate of drug-likeness (QED) is 0.912. The molecular weight excluding hydrogens is 325 g/mol. The molecule has 1 aliphatic rings. The van der Waals surface area contributed by atoms with E-state index in [0.717, 1.165) is 10.5 Å². The molecule has 1 atom stereocenters. The first-order valence-electron chi connectivity index (χ1n) is 7.28. The summed E-state index contributed by atoms with van der Waals surface area (Å²) < 4.78 is 38.8. The zero-order valence-electron chi connectivity index (χ0n) is 12.8. The normalized spacial score (nSPS) is 18.2. The molecule has 10 heteroatoms. The van der Waals surface area contributed by atoms with Crippen molar-refractivity contribution in [2.24, 2.45) is 7.05 Å². The highest BCUT2D eigenvalue weighted by Gasteiger charge is 2.39. The second-order valence-electron chi connectivity index (χ2n) is 5.57. The number of nitrogens with one attached hydrogen (secondary N) is 1. The van der Waals surface area contributed by atoms with Crippen LogP contribution in [0.25, 0.3) is 11.4 Å². The SMILES string of the molecule is Cn1nnnc1-c1cccc(N[C@H]2CCN(CC(F)(F)F)C2=O)c1. The Hall–Kier alpha value is -2.65. The van der Waals surface area contributed by atoms with Gasteiger partial charge in [-0.15, -0.1) is 5.10 Å². The molecule has 1 fully saturated rings. The molecule has 1 N–H and O–H groups in total. The van der Waals surface area contributed by atoms with Gasteiger partial charge in [0, 0.05) is 24.8 Å². The molecular formula is C14H15F3N6O. The molecule has 0 radical (unpaired) electrons. The van der Waals surface area contributed by atoms with Gasteiger partial charge in [-0.25, -0.2) is 4.68 Å². The highest BCUT2D eigenvalue weighted by molar-refractivity contribution is 5.87. The van der Waals surface area contributed by atoms with Crippen molar-refractivity contribution in [1.82, 2.24) is 25.1 Å². The van der Waals surface area contributed by atoms with Crippen molar-refractivity contribution in [2.45, 2.75) is 18.6 Å². The van der Waals surface area contributed by atoms with E-state index in [2.05, 4.69) is 20.8 Å². The number of alkyl halides is 3. The topological polar surface area (TPSA) is 75.9 Å². The van der Waals surface area contributed by atoms with Gasteiger partial charge in [0.15, 0.2) is 5.82 Å². The highest BCUT2D eigenvalue weighted by Crippen LogP contribution is 2.24. The maximum Gasteiger partial charge on any atom is 0.406 e. The highest BCUT2D eigenvalue weighted by atomic mass is 19.4.